The number of aliphatic hydroxyl groups excluding tert-OH is 1. The number of carbonyl (C=O) groups excluding carboxylic acids is 1. The van der Waals surface area contributed by atoms with Crippen molar-refractivity contribution in [2.24, 2.45) is 0 Å². The number of aromatic nitrogens is 3. The fraction of sp³-hybridized carbons (Fsp3) is 0.174. The van der Waals surface area contributed by atoms with Gasteiger partial charge in [0.05, 0.1) is 0 Å². The standard InChI is InChI=1S/C23H22FN5O2/c1-12-5-4-6-15(9-12)21(30)23(31)28-16-7-8-17(18(24)10-16)19-20-22(25)26-11-13(2)29(20)14(3)27-19/h4-11,21,30H,1-3H3,(H2,25,26)(H,28,31)/t21-/m1/s1. The highest BCUT2D eigenvalue weighted by atomic mass is 19.1. The third-order valence-electron chi connectivity index (χ3n) is 5.13. The Bertz CT molecular complexity index is 1320. The second-order valence-corrected chi connectivity index (χ2v) is 7.48. The summed E-state index contributed by atoms with van der Waals surface area (Å²) < 4.78 is 16.8. The molecule has 7 nitrogen and oxygen atoms in total. The molecule has 158 valence electrons. The number of nitrogen functional groups attached to an aromatic ring is 1. The van der Waals surface area contributed by atoms with Gasteiger partial charge in [-0.3, -0.25) is 9.20 Å². The molecule has 0 saturated heterocycles. The molecule has 1 atom stereocenters. The number of aryl methyl sites for hydroxylation is 3. The highest BCUT2D eigenvalue weighted by Crippen LogP contribution is 2.32. The number of halogens is 1. The molecule has 0 fully saturated rings. The number of fused-ring (bicyclic) bond motifs is 1. The molecule has 31 heavy (non-hydrogen) atoms. The maximum absolute atomic E-state index is 15.0. The lowest BCUT2D eigenvalue weighted by molar-refractivity contribution is -0.124. The van der Waals surface area contributed by atoms with Gasteiger partial charge in [0.15, 0.2) is 6.10 Å². The molecule has 4 rings (SSSR count). The summed E-state index contributed by atoms with van der Waals surface area (Å²) in [5.74, 6) is -0.317. The first kappa shape index (κ1) is 20.5. The molecule has 4 aromatic rings. The summed E-state index contributed by atoms with van der Waals surface area (Å²) in [4.78, 5) is 21.1. The lowest BCUT2D eigenvalue weighted by atomic mass is 10.1. The van der Waals surface area contributed by atoms with Crippen molar-refractivity contribution in [3.63, 3.8) is 0 Å². The van der Waals surface area contributed by atoms with Crippen LogP contribution >= 0.6 is 0 Å². The van der Waals surface area contributed by atoms with Gasteiger partial charge in [-0.25, -0.2) is 14.4 Å². The predicted molar refractivity (Wildman–Crippen MR) is 117 cm³/mol. The van der Waals surface area contributed by atoms with Crippen molar-refractivity contribution in [2.75, 3.05) is 11.1 Å². The van der Waals surface area contributed by atoms with Crippen molar-refractivity contribution in [3.05, 3.63) is 77.1 Å². The average molecular weight is 419 g/mol. The molecular weight excluding hydrogens is 397 g/mol. The SMILES string of the molecule is Cc1cccc([C@@H](O)C(=O)Nc2ccc(-c3nc(C)n4c(C)cnc(N)c34)c(F)c2)c1. The van der Waals surface area contributed by atoms with Gasteiger partial charge in [0.1, 0.15) is 28.7 Å². The Labute approximate surface area is 178 Å². The van der Waals surface area contributed by atoms with Crippen molar-refractivity contribution < 1.29 is 14.3 Å². The molecule has 1 amide bonds. The van der Waals surface area contributed by atoms with E-state index >= 15 is 4.39 Å². The van der Waals surface area contributed by atoms with Crippen LogP contribution in [-0.4, -0.2) is 25.4 Å². The molecule has 0 saturated carbocycles. The first-order valence-electron chi connectivity index (χ1n) is 9.72. The van der Waals surface area contributed by atoms with E-state index in [0.29, 0.717) is 22.6 Å². The van der Waals surface area contributed by atoms with Gasteiger partial charge >= 0.3 is 0 Å². The molecule has 2 aromatic carbocycles. The minimum atomic E-state index is -1.36. The Morgan fingerprint density at radius 3 is 2.68 bits per heavy atom. The number of anilines is 2. The summed E-state index contributed by atoms with van der Waals surface area (Å²) >= 11 is 0. The topological polar surface area (TPSA) is 106 Å². The van der Waals surface area contributed by atoms with E-state index in [2.05, 4.69) is 15.3 Å². The zero-order valence-electron chi connectivity index (χ0n) is 17.3. The lowest BCUT2D eigenvalue weighted by Gasteiger charge is -2.13. The third-order valence-corrected chi connectivity index (χ3v) is 5.13. The molecule has 0 bridgehead atoms. The lowest BCUT2D eigenvalue weighted by Crippen LogP contribution is -2.21. The first-order chi connectivity index (χ1) is 14.8. The molecule has 4 N–H and O–H groups in total. The van der Waals surface area contributed by atoms with E-state index in [1.165, 1.54) is 12.1 Å². The molecule has 2 aromatic heterocycles. The number of nitrogens with zero attached hydrogens (tertiary/aromatic N) is 3. The van der Waals surface area contributed by atoms with Crippen molar-refractivity contribution in [1.29, 1.82) is 0 Å². The van der Waals surface area contributed by atoms with Crippen molar-refractivity contribution in [3.8, 4) is 11.3 Å². The zero-order chi connectivity index (χ0) is 22.3. The molecule has 2 heterocycles. The van der Waals surface area contributed by atoms with E-state index in [1.54, 1.807) is 30.5 Å². The van der Waals surface area contributed by atoms with E-state index in [9.17, 15) is 9.90 Å². The number of benzene rings is 2. The zero-order valence-corrected chi connectivity index (χ0v) is 17.3. The normalized spacial score (nSPS) is 12.2. The Hall–Kier alpha value is -3.78. The summed E-state index contributed by atoms with van der Waals surface area (Å²) in [5, 5.41) is 12.9. The Kier molecular flexibility index (Phi) is 5.16. The number of aliphatic hydroxyl groups is 1. The predicted octanol–water partition coefficient (Wildman–Crippen LogP) is 3.71. The van der Waals surface area contributed by atoms with Gasteiger partial charge in [-0.15, -0.1) is 0 Å². The maximum Gasteiger partial charge on any atom is 0.257 e. The van der Waals surface area contributed by atoms with Gasteiger partial charge in [-0.2, -0.15) is 0 Å². The smallest absolute Gasteiger partial charge is 0.257 e. The quantitative estimate of drug-likeness (QED) is 0.468. The van der Waals surface area contributed by atoms with E-state index in [0.717, 1.165) is 11.3 Å². The van der Waals surface area contributed by atoms with Crippen LogP contribution in [0, 0.1) is 26.6 Å². The molecule has 0 unspecified atom stereocenters. The van der Waals surface area contributed by atoms with Gasteiger partial charge in [0.25, 0.3) is 5.91 Å². The van der Waals surface area contributed by atoms with Gasteiger partial charge in [-0.1, -0.05) is 29.8 Å². The van der Waals surface area contributed by atoms with Crippen LogP contribution in [0.15, 0.2) is 48.7 Å². The number of carbonyl (C=O) groups is 1. The number of amides is 1. The average Bonchev–Trinajstić information content (AvgIpc) is 3.08. The Balaban J connectivity index is 1.65. The molecule has 0 aliphatic rings. The van der Waals surface area contributed by atoms with Crippen LogP contribution in [0.3, 0.4) is 0 Å². The number of nitrogens with one attached hydrogen (secondary N) is 1. The molecular formula is C23H22FN5O2. The second-order valence-electron chi connectivity index (χ2n) is 7.48. The number of imidazole rings is 1. The number of nitrogens with two attached hydrogens (primary N) is 1. The highest BCUT2D eigenvalue weighted by Gasteiger charge is 2.21. The fourth-order valence-electron chi connectivity index (χ4n) is 3.66. The van der Waals surface area contributed by atoms with Crippen LogP contribution in [0.5, 0.6) is 0 Å². The van der Waals surface area contributed by atoms with Gasteiger partial charge < -0.3 is 16.2 Å². The number of hydrogen-bond donors (Lipinski definition) is 3. The maximum atomic E-state index is 15.0. The van der Waals surface area contributed by atoms with Crippen molar-refractivity contribution >= 4 is 22.9 Å². The summed E-state index contributed by atoms with van der Waals surface area (Å²) in [6.07, 6.45) is 0.270. The van der Waals surface area contributed by atoms with Crippen LogP contribution in [-0.2, 0) is 4.79 Å². The van der Waals surface area contributed by atoms with Crippen LogP contribution in [0.4, 0.5) is 15.9 Å². The summed E-state index contributed by atoms with van der Waals surface area (Å²) in [5.41, 5.74) is 9.63. The second kappa shape index (κ2) is 7.81. The molecule has 0 spiro atoms. The fourth-order valence-corrected chi connectivity index (χ4v) is 3.66. The molecule has 0 radical (unpaired) electrons. The van der Waals surface area contributed by atoms with Gasteiger partial charge in [-0.05, 0) is 44.5 Å². The number of rotatable bonds is 4. The highest BCUT2D eigenvalue weighted by molar-refractivity contribution is 5.95. The number of hydrogen-bond acceptors (Lipinski definition) is 5. The minimum Gasteiger partial charge on any atom is -0.382 e. The minimum absolute atomic E-state index is 0.223. The van der Waals surface area contributed by atoms with Crippen LogP contribution in [0.25, 0.3) is 16.8 Å². The molecule has 0 aliphatic heterocycles. The van der Waals surface area contributed by atoms with Gasteiger partial charge in [0, 0.05) is 23.1 Å². The first-order valence-corrected chi connectivity index (χ1v) is 9.72. The van der Waals surface area contributed by atoms with E-state index in [-0.39, 0.29) is 17.1 Å². The van der Waals surface area contributed by atoms with Crippen LogP contribution in [0.2, 0.25) is 0 Å². The van der Waals surface area contributed by atoms with Gasteiger partial charge in [0.2, 0.25) is 0 Å². The van der Waals surface area contributed by atoms with Crippen molar-refractivity contribution in [2.45, 2.75) is 26.9 Å². The van der Waals surface area contributed by atoms with Crippen LogP contribution < -0.4 is 11.1 Å². The van der Waals surface area contributed by atoms with E-state index in [1.807, 2.05) is 31.2 Å². The van der Waals surface area contributed by atoms with E-state index in [4.69, 9.17) is 5.73 Å². The van der Waals surface area contributed by atoms with E-state index < -0.39 is 17.8 Å². The summed E-state index contributed by atoms with van der Waals surface area (Å²) in [7, 11) is 0. The molecule has 8 heteroatoms. The van der Waals surface area contributed by atoms with Crippen molar-refractivity contribution in [1.82, 2.24) is 14.4 Å². The Morgan fingerprint density at radius 1 is 1.19 bits per heavy atom. The largest absolute Gasteiger partial charge is 0.382 e. The third kappa shape index (κ3) is 3.73. The van der Waals surface area contributed by atoms with Crippen LogP contribution in [0.1, 0.15) is 28.7 Å². The Morgan fingerprint density at radius 2 is 1.97 bits per heavy atom. The molecule has 0 aliphatic carbocycles. The summed E-state index contributed by atoms with van der Waals surface area (Å²) in [6, 6.07) is 11.3. The monoisotopic (exact) mass is 419 g/mol. The summed E-state index contributed by atoms with van der Waals surface area (Å²) in [6.45, 7) is 5.54.